The minimum Gasteiger partial charge on any atom is -0.316 e. The van der Waals surface area contributed by atoms with Crippen LogP contribution in [0.25, 0.3) is 0 Å². The van der Waals surface area contributed by atoms with Gasteiger partial charge in [-0.3, -0.25) is 0 Å². The van der Waals surface area contributed by atoms with Gasteiger partial charge in [-0.2, -0.15) is 0 Å². The molecule has 1 aromatic carbocycles. The van der Waals surface area contributed by atoms with Crippen LogP contribution in [0.3, 0.4) is 0 Å². The van der Waals surface area contributed by atoms with E-state index in [0.29, 0.717) is 6.04 Å². The summed E-state index contributed by atoms with van der Waals surface area (Å²) < 4.78 is 0. The van der Waals surface area contributed by atoms with Gasteiger partial charge >= 0.3 is 0 Å². The quantitative estimate of drug-likeness (QED) is 0.881. The Morgan fingerprint density at radius 3 is 2.72 bits per heavy atom. The normalized spacial score (nSPS) is 25.9. The van der Waals surface area contributed by atoms with E-state index in [4.69, 9.17) is 0 Å². The summed E-state index contributed by atoms with van der Waals surface area (Å²) in [6.07, 6.45) is 7.17. The molecule has 3 rings (SSSR count). The van der Waals surface area contributed by atoms with E-state index in [-0.39, 0.29) is 0 Å². The van der Waals surface area contributed by atoms with Gasteiger partial charge in [0.25, 0.3) is 0 Å². The number of hydrogen-bond acceptors (Lipinski definition) is 2. The Morgan fingerprint density at radius 2 is 1.94 bits per heavy atom. The van der Waals surface area contributed by atoms with Crippen LogP contribution in [0, 0.1) is 5.92 Å². The Labute approximate surface area is 115 Å². The highest BCUT2D eigenvalue weighted by Gasteiger charge is 2.34. The first kappa shape index (κ1) is 12.6. The van der Waals surface area contributed by atoms with Crippen LogP contribution in [0.5, 0.6) is 0 Å². The van der Waals surface area contributed by atoms with Gasteiger partial charge < -0.3 is 5.32 Å². The van der Waals surface area contributed by atoms with Crippen LogP contribution in [-0.4, -0.2) is 18.8 Å². The molecule has 0 saturated heterocycles. The lowest BCUT2D eigenvalue weighted by molar-refractivity contribution is 0.257. The lowest BCUT2D eigenvalue weighted by atomic mass is 9.77. The molecule has 1 saturated carbocycles. The third kappa shape index (κ3) is 2.33. The number of thioether (sulfide) groups is 1. The molecule has 0 aromatic heterocycles. The van der Waals surface area contributed by atoms with Gasteiger partial charge in [-0.05, 0) is 37.4 Å². The first-order valence-electron chi connectivity index (χ1n) is 7.29. The van der Waals surface area contributed by atoms with E-state index >= 15 is 0 Å². The van der Waals surface area contributed by atoms with Crippen LogP contribution in [0.4, 0.5) is 0 Å². The highest BCUT2D eigenvalue weighted by Crippen LogP contribution is 2.44. The molecule has 2 unspecified atom stereocenters. The summed E-state index contributed by atoms with van der Waals surface area (Å²) in [7, 11) is 2.16. The zero-order chi connectivity index (χ0) is 12.4. The number of rotatable bonds is 3. The van der Waals surface area contributed by atoms with Crippen molar-refractivity contribution in [3.63, 3.8) is 0 Å². The SMILES string of the molecule is CNC(C1CCCCC1)C1CSc2ccccc21. The average Bonchev–Trinajstić information content (AvgIpc) is 2.85. The van der Waals surface area contributed by atoms with Crippen molar-refractivity contribution >= 4 is 11.8 Å². The molecule has 1 heterocycles. The van der Waals surface area contributed by atoms with E-state index in [9.17, 15) is 0 Å². The smallest absolute Gasteiger partial charge is 0.0169 e. The largest absolute Gasteiger partial charge is 0.316 e. The molecule has 0 radical (unpaired) electrons. The van der Waals surface area contributed by atoms with Crippen molar-refractivity contribution in [2.24, 2.45) is 5.92 Å². The fourth-order valence-electron chi connectivity index (χ4n) is 3.74. The van der Waals surface area contributed by atoms with Crippen LogP contribution < -0.4 is 5.32 Å². The van der Waals surface area contributed by atoms with Gasteiger partial charge in [0.05, 0.1) is 0 Å². The van der Waals surface area contributed by atoms with Crippen molar-refractivity contribution in [2.75, 3.05) is 12.8 Å². The molecule has 0 amide bonds. The monoisotopic (exact) mass is 261 g/mol. The van der Waals surface area contributed by atoms with E-state index in [1.165, 1.54) is 42.8 Å². The molecule has 1 nitrogen and oxygen atoms in total. The maximum atomic E-state index is 3.64. The van der Waals surface area contributed by atoms with Crippen molar-refractivity contribution in [3.05, 3.63) is 29.8 Å². The second kappa shape index (κ2) is 5.66. The molecule has 0 spiro atoms. The van der Waals surface area contributed by atoms with E-state index in [0.717, 1.165) is 11.8 Å². The number of likely N-dealkylation sites (N-methyl/N-ethyl adjacent to an activating group) is 1. The molecule has 18 heavy (non-hydrogen) atoms. The van der Waals surface area contributed by atoms with Crippen molar-refractivity contribution < 1.29 is 0 Å². The standard InChI is InChI=1S/C16H23NS/c1-17-16(12-7-3-2-4-8-12)14-11-18-15-10-6-5-9-13(14)15/h5-6,9-10,12,14,16-17H,2-4,7-8,11H2,1H3. The van der Waals surface area contributed by atoms with Crippen molar-refractivity contribution in [2.45, 2.75) is 49.0 Å². The Hall–Kier alpha value is -0.470. The number of fused-ring (bicyclic) bond motifs is 1. The number of hydrogen-bond donors (Lipinski definition) is 1. The molecular weight excluding hydrogens is 238 g/mol. The molecule has 1 fully saturated rings. The van der Waals surface area contributed by atoms with E-state index < -0.39 is 0 Å². The molecule has 1 aliphatic heterocycles. The molecule has 1 N–H and O–H groups in total. The predicted octanol–water partition coefficient (Wildman–Crippen LogP) is 4.04. The first-order valence-corrected chi connectivity index (χ1v) is 8.27. The van der Waals surface area contributed by atoms with Crippen LogP contribution in [0.2, 0.25) is 0 Å². The van der Waals surface area contributed by atoms with Gasteiger partial charge in [-0.25, -0.2) is 0 Å². The summed E-state index contributed by atoms with van der Waals surface area (Å²) >= 11 is 2.04. The molecule has 2 aliphatic rings. The summed E-state index contributed by atoms with van der Waals surface area (Å²) in [5.74, 6) is 2.88. The van der Waals surface area contributed by atoms with Crippen LogP contribution in [-0.2, 0) is 0 Å². The zero-order valence-electron chi connectivity index (χ0n) is 11.2. The molecule has 0 bridgehead atoms. The maximum Gasteiger partial charge on any atom is 0.0169 e. The molecule has 1 aromatic rings. The van der Waals surface area contributed by atoms with Crippen molar-refractivity contribution in [3.8, 4) is 0 Å². The minimum atomic E-state index is 0.682. The Kier molecular flexibility index (Phi) is 3.95. The van der Waals surface area contributed by atoms with E-state index in [1.54, 1.807) is 5.56 Å². The fraction of sp³-hybridized carbons (Fsp3) is 0.625. The average molecular weight is 261 g/mol. The summed E-state index contributed by atoms with van der Waals surface area (Å²) in [6, 6.07) is 9.68. The van der Waals surface area contributed by atoms with E-state index in [2.05, 4.69) is 36.6 Å². The van der Waals surface area contributed by atoms with Gasteiger partial charge in [0.1, 0.15) is 0 Å². The van der Waals surface area contributed by atoms with Gasteiger partial charge in [0, 0.05) is 22.6 Å². The summed E-state index contributed by atoms with van der Waals surface area (Å²) in [4.78, 5) is 1.51. The van der Waals surface area contributed by atoms with Gasteiger partial charge in [-0.1, -0.05) is 37.5 Å². The number of benzene rings is 1. The second-order valence-electron chi connectivity index (χ2n) is 5.67. The third-order valence-corrected chi connectivity index (χ3v) is 5.87. The fourth-order valence-corrected chi connectivity index (χ4v) is 5.05. The number of nitrogens with one attached hydrogen (secondary N) is 1. The van der Waals surface area contributed by atoms with Crippen molar-refractivity contribution in [1.82, 2.24) is 5.32 Å². The van der Waals surface area contributed by atoms with Crippen LogP contribution >= 0.6 is 11.8 Å². The Morgan fingerprint density at radius 1 is 1.17 bits per heavy atom. The second-order valence-corrected chi connectivity index (χ2v) is 6.73. The van der Waals surface area contributed by atoms with Crippen LogP contribution in [0.1, 0.15) is 43.6 Å². The van der Waals surface area contributed by atoms with Gasteiger partial charge in [0.2, 0.25) is 0 Å². The third-order valence-electron chi connectivity index (χ3n) is 4.66. The highest BCUT2D eigenvalue weighted by atomic mass is 32.2. The summed E-state index contributed by atoms with van der Waals surface area (Å²) in [5.41, 5.74) is 1.59. The molecular formula is C16H23NS. The predicted molar refractivity (Wildman–Crippen MR) is 79.3 cm³/mol. The van der Waals surface area contributed by atoms with Crippen LogP contribution in [0.15, 0.2) is 29.2 Å². The first-order chi connectivity index (χ1) is 8.90. The Bertz CT molecular complexity index is 398. The topological polar surface area (TPSA) is 12.0 Å². The van der Waals surface area contributed by atoms with Gasteiger partial charge in [-0.15, -0.1) is 11.8 Å². The lowest BCUT2D eigenvalue weighted by Crippen LogP contribution is -2.40. The molecule has 1 aliphatic carbocycles. The van der Waals surface area contributed by atoms with Gasteiger partial charge in [0.15, 0.2) is 0 Å². The molecule has 2 atom stereocenters. The summed E-state index contributed by atoms with van der Waals surface area (Å²) in [6.45, 7) is 0. The summed E-state index contributed by atoms with van der Waals surface area (Å²) in [5, 5.41) is 3.64. The Balaban J connectivity index is 1.80. The van der Waals surface area contributed by atoms with Crippen molar-refractivity contribution in [1.29, 1.82) is 0 Å². The van der Waals surface area contributed by atoms with E-state index in [1.807, 2.05) is 11.8 Å². The maximum absolute atomic E-state index is 3.64. The lowest BCUT2D eigenvalue weighted by Gasteiger charge is -2.34. The minimum absolute atomic E-state index is 0.682. The molecule has 2 heteroatoms. The highest BCUT2D eigenvalue weighted by molar-refractivity contribution is 7.99. The zero-order valence-corrected chi connectivity index (χ0v) is 12.0. The molecule has 98 valence electrons.